The number of carbonyl (C=O) groups excluding carboxylic acids is 1. The van der Waals surface area contributed by atoms with Gasteiger partial charge in [-0.05, 0) is 38.1 Å². The maximum Gasteiger partial charge on any atom is 0.258 e. The van der Waals surface area contributed by atoms with E-state index in [9.17, 15) is 13.6 Å². The van der Waals surface area contributed by atoms with Crippen molar-refractivity contribution in [2.45, 2.75) is 32.4 Å². The minimum Gasteiger partial charge on any atom is -0.473 e. The summed E-state index contributed by atoms with van der Waals surface area (Å²) in [6.07, 6.45) is 0. The minimum absolute atomic E-state index is 0.0567. The van der Waals surface area contributed by atoms with Gasteiger partial charge in [0.2, 0.25) is 0 Å². The van der Waals surface area contributed by atoms with Crippen molar-refractivity contribution in [3.8, 4) is 16.5 Å². The lowest BCUT2D eigenvalue weighted by molar-refractivity contribution is 0.0233. The van der Waals surface area contributed by atoms with E-state index in [1.165, 1.54) is 11.3 Å². The number of thiophene rings is 1. The van der Waals surface area contributed by atoms with Crippen molar-refractivity contribution in [3.63, 3.8) is 0 Å². The van der Waals surface area contributed by atoms with E-state index >= 15 is 0 Å². The van der Waals surface area contributed by atoms with Gasteiger partial charge in [0.15, 0.2) is 34.6 Å². The third-order valence-corrected chi connectivity index (χ3v) is 6.80. The van der Waals surface area contributed by atoms with Gasteiger partial charge in [-0.3, -0.25) is 4.79 Å². The van der Waals surface area contributed by atoms with Crippen LogP contribution in [0.1, 0.15) is 42.3 Å². The van der Waals surface area contributed by atoms with Gasteiger partial charge in [-0.15, -0.1) is 21.5 Å². The second kappa shape index (κ2) is 6.77. The lowest BCUT2D eigenvalue weighted by Gasteiger charge is -2.30. The average molecular weight is 439 g/mol. The molecule has 3 atom stereocenters. The maximum absolute atomic E-state index is 14.3. The molecule has 0 bridgehead atoms. The monoisotopic (exact) mass is 438 g/mol. The standard InChI is InChI=1S/C19H17ClF2N4O2S/c1-8-9(2)26-17(14-5-4-13(29-14)16(23)27)24-25-18(26)19(8,3)28-15-11(21)6-10(20)7-12(15)22/h4-9H,1-3H3,(H2,23,27). The van der Waals surface area contributed by atoms with Gasteiger partial charge in [0.1, 0.15) is 0 Å². The van der Waals surface area contributed by atoms with Crippen LogP contribution in [-0.4, -0.2) is 20.7 Å². The number of benzene rings is 1. The Bertz CT molecular complexity index is 1110. The molecule has 1 aliphatic heterocycles. The van der Waals surface area contributed by atoms with Crippen LogP contribution < -0.4 is 10.5 Å². The van der Waals surface area contributed by atoms with E-state index in [1.807, 2.05) is 18.4 Å². The van der Waals surface area contributed by atoms with Crippen LogP contribution in [0.2, 0.25) is 5.02 Å². The molecule has 3 aromatic rings. The van der Waals surface area contributed by atoms with Gasteiger partial charge in [0.05, 0.1) is 9.75 Å². The molecule has 0 saturated carbocycles. The van der Waals surface area contributed by atoms with Crippen molar-refractivity contribution in [3.05, 3.63) is 51.6 Å². The molecule has 1 amide bonds. The zero-order valence-electron chi connectivity index (χ0n) is 15.7. The first-order chi connectivity index (χ1) is 13.6. The quantitative estimate of drug-likeness (QED) is 0.648. The lowest BCUT2D eigenvalue weighted by Crippen LogP contribution is -2.35. The van der Waals surface area contributed by atoms with E-state index in [0.717, 1.165) is 12.1 Å². The highest BCUT2D eigenvalue weighted by atomic mass is 35.5. The molecule has 0 spiro atoms. The van der Waals surface area contributed by atoms with Gasteiger partial charge >= 0.3 is 0 Å². The topological polar surface area (TPSA) is 83.0 Å². The first kappa shape index (κ1) is 19.8. The van der Waals surface area contributed by atoms with E-state index in [-0.39, 0.29) is 17.0 Å². The van der Waals surface area contributed by atoms with Crippen molar-refractivity contribution < 1.29 is 18.3 Å². The molecule has 152 valence electrons. The summed E-state index contributed by atoms with van der Waals surface area (Å²) in [5, 5.41) is 8.45. The van der Waals surface area contributed by atoms with Crippen LogP contribution in [0.3, 0.4) is 0 Å². The molecule has 2 N–H and O–H groups in total. The normalized spacial score (nSPS) is 23.2. The van der Waals surface area contributed by atoms with E-state index in [2.05, 4.69) is 10.2 Å². The summed E-state index contributed by atoms with van der Waals surface area (Å²) in [5.74, 6) is -2.02. The lowest BCUT2D eigenvalue weighted by atomic mass is 9.88. The van der Waals surface area contributed by atoms with Gasteiger partial charge in [-0.2, -0.15) is 0 Å². The number of nitrogens with zero attached hydrogens (tertiary/aromatic N) is 3. The van der Waals surface area contributed by atoms with Gasteiger partial charge in [-0.25, -0.2) is 8.78 Å². The number of carbonyl (C=O) groups is 1. The van der Waals surface area contributed by atoms with Crippen LogP contribution in [0.4, 0.5) is 8.78 Å². The molecule has 0 radical (unpaired) electrons. The summed E-state index contributed by atoms with van der Waals surface area (Å²) in [7, 11) is 0. The molecule has 2 aromatic heterocycles. The fourth-order valence-corrected chi connectivity index (χ4v) is 4.67. The summed E-state index contributed by atoms with van der Waals surface area (Å²) in [4.78, 5) is 12.5. The first-order valence-corrected chi connectivity index (χ1v) is 10.0. The van der Waals surface area contributed by atoms with Crippen LogP contribution >= 0.6 is 22.9 Å². The molecule has 4 rings (SSSR count). The highest BCUT2D eigenvalue weighted by Crippen LogP contribution is 2.49. The SMILES string of the molecule is CC1C(C)C(C)(Oc2c(F)cc(Cl)cc2F)c2nnc(-c3ccc(C(N)=O)s3)n21. The molecule has 3 unspecified atom stereocenters. The highest BCUT2D eigenvalue weighted by molar-refractivity contribution is 7.17. The molecule has 0 saturated heterocycles. The number of aromatic nitrogens is 3. The van der Waals surface area contributed by atoms with Gasteiger partial charge in [0, 0.05) is 17.0 Å². The Morgan fingerprint density at radius 1 is 1.28 bits per heavy atom. The summed E-state index contributed by atoms with van der Waals surface area (Å²) < 4.78 is 36.4. The highest BCUT2D eigenvalue weighted by Gasteiger charge is 2.51. The third kappa shape index (κ3) is 3.00. The van der Waals surface area contributed by atoms with Crippen molar-refractivity contribution in [1.29, 1.82) is 0 Å². The van der Waals surface area contributed by atoms with Crippen molar-refractivity contribution >= 4 is 28.8 Å². The molecule has 3 heterocycles. The number of halogens is 3. The smallest absolute Gasteiger partial charge is 0.258 e. The average Bonchev–Trinajstić information content (AvgIpc) is 3.33. The molecule has 0 aliphatic carbocycles. The fraction of sp³-hybridized carbons (Fsp3) is 0.316. The van der Waals surface area contributed by atoms with Crippen molar-refractivity contribution in [2.75, 3.05) is 0 Å². The third-order valence-electron chi connectivity index (χ3n) is 5.49. The number of hydrogen-bond donors (Lipinski definition) is 1. The van der Waals surface area contributed by atoms with Crippen LogP contribution in [0.15, 0.2) is 24.3 Å². The van der Waals surface area contributed by atoms with Crippen molar-refractivity contribution in [2.24, 2.45) is 11.7 Å². The molecule has 1 aromatic carbocycles. The van der Waals surface area contributed by atoms with Gasteiger partial charge < -0.3 is 15.0 Å². The molecule has 0 fully saturated rings. The molecule has 10 heteroatoms. The Hall–Kier alpha value is -2.52. The second-order valence-electron chi connectivity index (χ2n) is 7.18. The Balaban J connectivity index is 1.79. The molecular weight excluding hydrogens is 422 g/mol. The summed E-state index contributed by atoms with van der Waals surface area (Å²) in [5.41, 5.74) is 4.20. The summed E-state index contributed by atoms with van der Waals surface area (Å²) >= 11 is 6.91. The molecule has 29 heavy (non-hydrogen) atoms. The van der Waals surface area contributed by atoms with Crippen LogP contribution in [0, 0.1) is 17.6 Å². The van der Waals surface area contributed by atoms with Crippen LogP contribution in [-0.2, 0) is 5.60 Å². The minimum atomic E-state index is -1.13. The number of nitrogens with two attached hydrogens (primary N) is 1. The number of hydrogen-bond acceptors (Lipinski definition) is 5. The van der Waals surface area contributed by atoms with E-state index in [4.69, 9.17) is 22.1 Å². The summed E-state index contributed by atoms with van der Waals surface area (Å²) in [6.45, 7) is 5.59. The van der Waals surface area contributed by atoms with Crippen molar-refractivity contribution in [1.82, 2.24) is 14.8 Å². The Labute approximate surface area is 174 Å². The number of rotatable bonds is 4. The first-order valence-electron chi connectivity index (χ1n) is 8.82. The molecular formula is C19H17ClF2N4O2S. The van der Waals surface area contributed by atoms with Crippen LogP contribution in [0.25, 0.3) is 10.7 Å². The van der Waals surface area contributed by atoms with Crippen LogP contribution in [0.5, 0.6) is 5.75 Å². The molecule has 6 nitrogen and oxygen atoms in total. The Kier molecular flexibility index (Phi) is 4.62. The molecule has 1 aliphatic rings. The number of ether oxygens (including phenoxy) is 1. The van der Waals surface area contributed by atoms with Gasteiger partial charge in [0.25, 0.3) is 5.91 Å². The second-order valence-corrected chi connectivity index (χ2v) is 8.70. The zero-order valence-corrected chi connectivity index (χ0v) is 17.3. The van der Waals surface area contributed by atoms with E-state index in [0.29, 0.717) is 21.4 Å². The largest absolute Gasteiger partial charge is 0.473 e. The predicted molar refractivity (Wildman–Crippen MR) is 105 cm³/mol. The fourth-order valence-electron chi connectivity index (χ4n) is 3.64. The summed E-state index contributed by atoms with van der Waals surface area (Å²) in [6, 6.07) is 5.24. The number of amides is 1. The zero-order chi connectivity index (χ0) is 21.1. The Morgan fingerprint density at radius 3 is 2.52 bits per heavy atom. The van der Waals surface area contributed by atoms with Gasteiger partial charge in [-0.1, -0.05) is 18.5 Å². The maximum atomic E-state index is 14.3. The number of primary amides is 1. The number of fused-ring (bicyclic) bond motifs is 1. The van der Waals surface area contributed by atoms with E-state index < -0.39 is 28.9 Å². The Morgan fingerprint density at radius 2 is 1.93 bits per heavy atom. The van der Waals surface area contributed by atoms with E-state index in [1.54, 1.807) is 19.1 Å². The predicted octanol–water partition coefficient (Wildman–Crippen LogP) is 4.54.